The number of rotatable bonds is 9. The van der Waals surface area contributed by atoms with E-state index in [-0.39, 0.29) is 43.9 Å². The number of alkyl carbamates (subject to hydrolysis) is 1. The first-order chi connectivity index (χ1) is 26.0. The summed E-state index contributed by atoms with van der Waals surface area (Å²) >= 11 is 0. The van der Waals surface area contributed by atoms with Gasteiger partial charge in [0.2, 0.25) is 21.8 Å². The fourth-order valence-electron chi connectivity index (χ4n) is 7.44. The molecule has 18 heteroatoms. The van der Waals surface area contributed by atoms with E-state index in [1.165, 1.54) is 11.8 Å². The zero-order valence-corrected chi connectivity index (χ0v) is 32.0. The Bertz CT molecular complexity index is 1770. The molecular weight excluding hydrogens is 747 g/mol. The maximum absolute atomic E-state index is 14.4. The standard InChI is InChI=1S/C37H50F3N5O9S/c1-4-22(2)55(51,52)44-34(49)36-20-24(36)12-8-6-5-7-9-15-28(42-35(50)54-26-13-10-11-14-26)33(48)45-21-25(19-29(45)32(47)43-36)41-31(46)23-16-17-30(53-3)27(18-23)37(38,39)40/h8,12,16-18,22,24-26,28-29H,4-7,9-11,13-15,19-21H2,1-3H3,(H,41,46)(H,42,50)(H,43,47)(H,44,49)/b12-8-/t22?,24-,25-,28+,29+,36-/m1/s1. The van der Waals surface area contributed by atoms with Crippen molar-refractivity contribution in [3.63, 3.8) is 0 Å². The second kappa shape index (κ2) is 17.2. The quantitative estimate of drug-likeness (QED) is 0.267. The van der Waals surface area contributed by atoms with E-state index in [0.717, 1.165) is 32.1 Å². The molecule has 0 spiro atoms. The Hall–Kier alpha value is -4.35. The topological polar surface area (TPSA) is 189 Å². The molecule has 0 aromatic heterocycles. The van der Waals surface area contributed by atoms with Crippen LogP contribution < -0.4 is 25.4 Å². The molecule has 1 saturated heterocycles. The summed E-state index contributed by atoms with van der Waals surface area (Å²) in [5.74, 6) is -4.30. The smallest absolute Gasteiger partial charge is 0.419 e. The highest BCUT2D eigenvalue weighted by Crippen LogP contribution is 2.46. The molecule has 2 aliphatic carbocycles. The molecule has 6 atom stereocenters. The molecule has 4 aliphatic rings. The zero-order chi connectivity index (χ0) is 40.1. The van der Waals surface area contributed by atoms with E-state index < -0.39 is 92.1 Å². The van der Waals surface area contributed by atoms with Crippen molar-refractivity contribution in [2.24, 2.45) is 5.92 Å². The molecule has 1 unspecified atom stereocenters. The molecule has 3 fully saturated rings. The molecule has 14 nitrogen and oxygen atoms in total. The summed E-state index contributed by atoms with van der Waals surface area (Å²) < 4.78 is 79.6. The first-order valence-electron chi connectivity index (χ1n) is 18.9. The lowest BCUT2D eigenvalue weighted by atomic mass is 10.0. The van der Waals surface area contributed by atoms with Crippen LogP contribution in [0.4, 0.5) is 18.0 Å². The Morgan fingerprint density at radius 1 is 1.05 bits per heavy atom. The minimum atomic E-state index is -4.82. The van der Waals surface area contributed by atoms with Crippen LogP contribution in [0.15, 0.2) is 30.4 Å². The van der Waals surface area contributed by atoms with Crippen molar-refractivity contribution in [2.75, 3.05) is 13.7 Å². The number of amides is 5. The highest BCUT2D eigenvalue weighted by molar-refractivity contribution is 7.90. The fourth-order valence-corrected chi connectivity index (χ4v) is 8.52. The summed E-state index contributed by atoms with van der Waals surface area (Å²) in [4.78, 5) is 69.9. The largest absolute Gasteiger partial charge is 0.496 e. The van der Waals surface area contributed by atoms with Crippen molar-refractivity contribution >= 4 is 39.7 Å². The Balaban J connectivity index is 1.44. The van der Waals surface area contributed by atoms with Gasteiger partial charge in [0.1, 0.15) is 29.5 Å². The van der Waals surface area contributed by atoms with E-state index in [0.29, 0.717) is 44.6 Å². The fraction of sp³-hybridized carbons (Fsp3) is 0.649. The van der Waals surface area contributed by atoms with Crippen LogP contribution in [0.25, 0.3) is 0 Å². The number of alkyl halides is 3. The lowest BCUT2D eigenvalue weighted by Gasteiger charge is -2.30. The van der Waals surface area contributed by atoms with Gasteiger partial charge in [-0.15, -0.1) is 0 Å². The van der Waals surface area contributed by atoms with E-state index in [9.17, 15) is 45.6 Å². The van der Waals surface area contributed by atoms with Gasteiger partial charge in [0, 0.05) is 24.1 Å². The molecule has 0 bridgehead atoms. The first-order valence-corrected chi connectivity index (χ1v) is 20.4. The maximum Gasteiger partial charge on any atom is 0.419 e. The SMILES string of the molecule is CCC(C)S(=O)(=O)NC(=O)[C@@]12C[C@H]1/C=C\CCCCC[C@H](NC(=O)OC1CCCC1)C(=O)N1C[C@H](NC(=O)c3ccc(OC)c(C(F)(F)F)c3)C[C@H]1C(=O)N2. The lowest BCUT2D eigenvalue weighted by molar-refractivity contribution is -0.141. The Labute approximate surface area is 318 Å². The number of fused-ring (bicyclic) bond motifs is 2. The Morgan fingerprint density at radius 3 is 2.44 bits per heavy atom. The second-order valence-electron chi connectivity index (χ2n) is 14.9. The highest BCUT2D eigenvalue weighted by Gasteiger charge is 2.61. The number of sulfonamides is 1. The molecule has 5 rings (SSSR count). The van der Waals surface area contributed by atoms with Gasteiger partial charge in [-0.1, -0.05) is 31.9 Å². The van der Waals surface area contributed by atoms with Crippen molar-refractivity contribution < 1.29 is 55.0 Å². The number of nitrogens with one attached hydrogen (secondary N) is 4. The van der Waals surface area contributed by atoms with Gasteiger partial charge in [-0.2, -0.15) is 13.2 Å². The van der Waals surface area contributed by atoms with Gasteiger partial charge < -0.3 is 30.3 Å². The third-order valence-electron chi connectivity index (χ3n) is 11.0. The molecule has 4 N–H and O–H groups in total. The molecule has 2 heterocycles. The molecule has 0 radical (unpaired) electrons. The molecule has 2 aliphatic heterocycles. The van der Waals surface area contributed by atoms with Crippen LogP contribution in [-0.4, -0.2) is 91.7 Å². The summed E-state index contributed by atoms with van der Waals surface area (Å²) in [5.41, 5.74) is -3.15. The van der Waals surface area contributed by atoms with E-state index >= 15 is 0 Å². The number of hydrogen-bond acceptors (Lipinski definition) is 9. The summed E-state index contributed by atoms with van der Waals surface area (Å²) in [6.45, 7) is 2.85. The van der Waals surface area contributed by atoms with Gasteiger partial charge >= 0.3 is 12.3 Å². The van der Waals surface area contributed by atoms with Crippen LogP contribution in [0.1, 0.15) is 107 Å². The predicted octanol–water partition coefficient (Wildman–Crippen LogP) is 4.09. The third kappa shape index (κ3) is 9.91. The normalized spacial score (nSPS) is 27.6. The molecular formula is C37H50F3N5O9S. The molecule has 2 saturated carbocycles. The average molecular weight is 798 g/mol. The number of nitrogens with zero attached hydrogens (tertiary/aromatic N) is 1. The first kappa shape index (κ1) is 41.8. The Kier molecular flexibility index (Phi) is 13.1. The summed E-state index contributed by atoms with van der Waals surface area (Å²) in [7, 11) is -3.02. The van der Waals surface area contributed by atoms with Crippen LogP contribution >= 0.6 is 0 Å². The van der Waals surface area contributed by atoms with Crippen LogP contribution in [0, 0.1) is 5.92 Å². The average Bonchev–Trinajstić information content (AvgIpc) is 3.40. The number of carbonyl (C=O) groups is 5. The summed E-state index contributed by atoms with van der Waals surface area (Å²) in [6.07, 6.45) is 3.82. The minimum absolute atomic E-state index is 0.0914. The van der Waals surface area contributed by atoms with Crippen molar-refractivity contribution in [1.82, 2.24) is 25.6 Å². The van der Waals surface area contributed by atoms with Gasteiger partial charge in [-0.05, 0) is 89.3 Å². The second-order valence-corrected chi connectivity index (χ2v) is 17.0. The van der Waals surface area contributed by atoms with Crippen molar-refractivity contribution in [3.8, 4) is 5.75 Å². The van der Waals surface area contributed by atoms with E-state index in [1.807, 2.05) is 6.08 Å². The van der Waals surface area contributed by atoms with E-state index in [1.54, 1.807) is 13.0 Å². The maximum atomic E-state index is 14.4. The van der Waals surface area contributed by atoms with E-state index in [2.05, 4.69) is 20.7 Å². The number of ether oxygens (including phenoxy) is 2. The van der Waals surface area contributed by atoms with Crippen LogP contribution in [0.2, 0.25) is 0 Å². The van der Waals surface area contributed by atoms with Crippen LogP contribution in [0.5, 0.6) is 5.75 Å². The molecule has 1 aromatic rings. The summed E-state index contributed by atoms with van der Waals surface area (Å²) in [5, 5.41) is 7.15. The molecule has 1 aromatic carbocycles. The van der Waals surface area contributed by atoms with E-state index in [4.69, 9.17) is 9.47 Å². The molecule has 304 valence electrons. The highest BCUT2D eigenvalue weighted by atomic mass is 32.2. The number of hydrogen-bond donors (Lipinski definition) is 4. The van der Waals surface area contributed by atoms with Crippen molar-refractivity contribution in [1.29, 1.82) is 0 Å². The van der Waals surface area contributed by atoms with Crippen LogP contribution in [0.3, 0.4) is 0 Å². The number of allylic oxidation sites excluding steroid dienone is 1. The number of halogens is 3. The van der Waals surface area contributed by atoms with Gasteiger partial charge in [0.15, 0.2) is 0 Å². The molecule has 55 heavy (non-hydrogen) atoms. The minimum Gasteiger partial charge on any atom is -0.496 e. The Morgan fingerprint density at radius 2 is 1.76 bits per heavy atom. The summed E-state index contributed by atoms with van der Waals surface area (Å²) in [6, 6.07) is -0.572. The number of methoxy groups -OCH3 is 1. The van der Waals surface area contributed by atoms with Crippen molar-refractivity contribution in [3.05, 3.63) is 41.5 Å². The number of carbonyl (C=O) groups excluding carboxylic acids is 5. The molecule has 5 amide bonds. The zero-order valence-electron chi connectivity index (χ0n) is 31.2. The predicted molar refractivity (Wildman–Crippen MR) is 193 cm³/mol. The van der Waals surface area contributed by atoms with Gasteiger partial charge in [-0.25, -0.2) is 13.2 Å². The van der Waals surface area contributed by atoms with Gasteiger partial charge in [0.25, 0.3) is 11.8 Å². The van der Waals surface area contributed by atoms with Crippen molar-refractivity contribution in [2.45, 2.75) is 132 Å². The van der Waals surface area contributed by atoms with Crippen LogP contribution in [-0.2, 0) is 35.3 Å². The number of benzene rings is 1. The van der Waals surface area contributed by atoms with Gasteiger partial charge in [0.05, 0.1) is 17.9 Å². The lowest BCUT2D eigenvalue weighted by Crippen LogP contribution is -2.58. The van der Waals surface area contributed by atoms with Gasteiger partial charge in [-0.3, -0.25) is 23.9 Å². The monoisotopic (exact) mass is 797 g/mol. The third-order valence-corrected chi connectivity index (χ3v) is 12.9.